The Kier molecular flexibility index (Phi) is 4.12. The summed E-state index contributed by atoms with van der Waals surface area (Å²) in [6.07, 6.45) is 0.650. The van der Waals surface area contributed by atoms with Crippen LogP contribution in [0.15, 0.2) is 36.4 Å². The fourth-order valence-electron chi connectivity index (χ4n) is 2.44. The average Bonchev–Trinajstić information content (AvgIpc) is 2.79. The van der Waals surface area contributed by atoms with Crippen LogP contribution >= 0.6 is 34.8 Å². The van der Waals surface area contributed by atoms with E-state index in [4.69, 9.17) is 34.8 Å². The topological polar surface area (TPSA) is 17.8 Å². The van der Waals surface area contributed by atoms with Crippen molar-refractivity contribution in [3.63, 3.8) is 0 Å². The highest BCUT2D eigenvalue weighted by Gasteiger charge is 2.16. The first-order chi connectivity index (χ1) is 10.1. The lowest BCUT2D eigenvalue weighted by atomic mass is 10.2. The van der Waals surface area contributed by atoms with Crippen LogP contribution in [0.5, 0.6) is 0 Å². The molecule has 0 amide bonds. The molecule has 2 aromatic carbocycles. The van der Waals surface area contributed by atoms with Crippen molar-refractivity contribution >= 4 is 45.8 Å². The Morgan fingerprint density at radius 2 is 1.90 bits per heavy atom. The number of halogens is 3. The van der Waals surface area contributed by atoms with Gasteiger partial charge < -0.3 is 0 Å². The quantitative estimate of drug-likeness (QED) is 0.582. The van der Waals surface area contributed by atoms with Crippen LogP contribution in [0.25, 0.3) is 16.7 Å². The summed E-state index contributed by atoms with van der Waals surface area (Å²) in [6.45, 7) is 2.01. The predicted octanol–water partition coefficient (Wildman–Crippen LogP) is 5.42. The first kappa shape index (κ1) is 14.7. The molecule has 1 heterocycles. The Morgan fingerprint density at radius 1 is 1.10 bits per heavy atom. The third-order valence-corrected chi connectivity index (χ3v) is 4.16. The highest BCUT2D eigenvalue weighted by Crippen LogP contribution is 2.31. The van der Waals surface area contributed by atoms with Gasteiger partial charge in [0.05, 0.1) is 26.8 Å². The van der Waals surface area contributed by atoms with E-state index in [1.54, 1.807) is 0 Å². The van der Waals surface area contributed by atoms with E-state index in [9.17, 15) is 0 Å². The molecule has 0 saturated heterocycles. The Labute approximate surface area is 138 Å². The number of fused-ring (bicyclic) bond motifs is 1. The normalized spacial score (nSPS) is 11.2. The molecule has 0 spiro atoms. The maximum Gasteiger partial charge on any atom is 0.115 e. The van der Waals surface area contributed by atoms with Gasteiger partial charge in [-0.1, -0.05) is 35.3 Å². The Hall–Kier alpha value is -1.22. The zero-order valence-corrected chi connectivity index (χ0v) is 13.7. The van der Waals surface area contributed by atoms with E-state index in [1.807, 2.05) is 47.9 Å². The van der Waals surface area contributed by atoms with Gasteiger partial charge in [0, 0.05) is 12.3 Å². The monoisotopic (exact) mass is 338 g/mol. The molecule has 0 aliphatic carbocycles. The molecule has 0 aliphatic heterocycles. The van der Waals surface area contributed by atoms with Crippen LogP contribution in [0.1, 0.15) is 11.4 Å². The molecular weight excluding hydrogens is 327 g/mol. The third kappa shape index (κ3) is 2.64. The van der Waals surface area contributed by atoms with E-state index in [2.05, 4.69) is 4.98 Å². The number of alkyl halides is 1. The number of nitrogens with zero attached hydrogens (tertiary/aromatic N) is 2. The van der Waals surface area contributed by atoms with Crippen molar-refractivity contribution in [2.75, 3.05) is 5.88 Å². The van der Waals surface area contributed by atoms with Gasteiger partial charge in [-0.2, -0.15) is 0 Å². The molecule has 0 aliphatic rings. The molecule has 1 aromatic heterocycles. The SMILES string of the molecule is Cc1ccc(-n2c(CCCl)nc3cccc(Cl)c32)c(Cl)c1. The van der Waals surface area contributed by atoms with Crippen LogP contribution < -0.4 is 0 Å². The van der Waals surface area contributed by atoms with E-state index >= 15 is 0 Å². The highest BCUT2D eigenvalue weighted by atomic mass is 35.5. The second-order valence-electron chi connectivity index (χ2n) is 4.86. The Balaban J connectivity index is 2.35. The Morgan fingerprint density at radius 3 is 2.62 bits per heavy atom. The lowest BCUT2D eigenvalue weighted by Gasteiger charge is -2.12. The standard InChI is InChI=1S/C16H13Cl3N2/c1-10-5-6-14(12(19)9-10)21-15(7-8-17)20-13-4-2-3-11(18)16(13)21/h2-6,9H,7-8H2,1H3. The van der Waals surface area contributed by atoms with E-state index in [0.717, 1.165) is 28.1 Å². The molecule has 0 fully saturated rings. The van der Waals surface area contributed by atoms with Crippen LogP contribution in [0.3, 0.4) is 0 Å². The van der Waals surface area contributed by atoms with Gasteiger partial charge >= 0.3 is 0 Å². The van der Waals surface area contributed by atoms with Crippen LogP contribution in [0.2, 0.25) is 10.0 Å². The molecule has 0 atom stereocenters. The van der Waals surface area contributed by atoms with E-state index in [-0.39, 0.29) is 0 Å². The van der Waals surface area contributed by atoms with Crippen LogP contribution in [0, 0.1) is 6.92 Å². The molecular formula is C16H13Cl3N2. The van der Waals surface area contributed by atoms with Gasteiger partial charge in [0.25, 0.3) is 0 Å². The molecule has 0 radical (unpaired) electrons. The van der Waals surface area contributed by atoms with Gasteiger partial charge in [-0.15, -0.1) is 11.6 Å². The van der Waals surface area contributed by atoms with Gasteiger partial charge in [-0.25, -0.2) is 4.98 Å². The molecule has 3 aromatic rings. The fraction of sp³-hybridized carbons (Fsp3) is 0.188. The van der Waals surface area contributed by atoms with Crippen molar-refractivity contribution in [1.29, 1.82) is 0 Å². The van der Waals surface area contributed by atoms with Gasteiger partial charge in [-0.3, -0.25) is 4.57 Å². The number of imidazole rings is 1. The summed E-state index contributed by atoms with van der Waals surface area (Å²) in [6, 6.07) is 11.6. The van der Waals surface area contributed by atoms with Crippen molar-refractivity contribution < 1.29 is 0 Å². The molecule has 0 saturated carbocycles. The number of hydrogen-bond donors (Lipinski definition) is 0. The number of benzene rings is 2. The molecule has 2 nitrogen and oxygen atoms in total. The first-order valence-corrected chi connectivity index (χ1v) is 7.89. The Bertz CT molecular complexity index is 809. The summed E-state index contributed by atoms with van der Waals surface area (Å²) in [4.78, 5) is 4.64. The van der Waals surface area contributed by atoms with Crippen molar-refractivity contribution in [2.24, 2.45) is 0 Å². The number of rotatable bonds is 3. The largest absolute Gasteiger partial charge is 0.293 e. The molecule has 108 valence electrons. The molecule has 0 N–H and O–H groups in total. The fourth-order valence-corrected chi connectivity index (χ4v) is 3.18. The number of para-hydroxylation sites is 1. The average molecular weight is 340 g/mol. The minimum atomic E-state index is 0.490. The molecule has 5 heteroatoms. The van der Waals surface area contributed by atoms with Gasteiger partial charge in [0.1, 0.15) is 5.82 Å². The lowest BCUT2D eigenvalue weighted by molar-refractivity contribution is 0.912. The van der Waals surface area contributed by atoms with Crippen molar-refractivity contribution in [3.8, 4) is 5.69 Å². The van der Waals surface area contributed by atoms with Crippen LogP contribution in [-0.2, 0) is 6.42 Å². The predicted molar refractivity (Wildman–Crippen MR) is 90.3 cm³/mol. The second kappa shape index (κ2) is 5.88. The molecule has 3 rings (SSSR count). The number of aryl methyl sites for hydroxylation is 2. The van der Waals surface area contributed by atoms with Crippen molar-refractivity contribution in [2.45, 2.75) is 13.3 Å². The summed E-state index contributed by atoms with van der Waals surface area (Å²) in [7, 11) is 0. The molecule has 21 heavy (non-hydrogen) atoms. The van der Waals surface area contributed by atoms with Gasteiger partial charge in [0.15, 0.2) is 0 Å². The van der Waals surface area contributed by atoms with E-state index < -0.39 is 0 Å². The maximum absolute atomic E-state index is 6.42. The van der Waals surface area contributed by atoms with E-state index in [1.165, 1.54) is 0 Å². The van der Waals surface area contributed by atoms with Gasteiger partial charge in [0.2, 0.25) is 0 Å². The summed E-state index contributed by atoms with van der Waals surface area (Å²) in [5.41, 5.74) is 3.69. The van der Waals surface area contributed by atoms with Crippen LogP contribution in [0.4, 0.5) is 0 Å². The number of hydrogen-bond acceptors (Lipinski definition) is 1. The molecule has 0 unspecified atom stereocenters. The van der Waals surface area contributed by atoms with Crippen molar-refractivity contribution in [1.82, 2.24) is 9.55 Å². The smallest absolute Gasteiger partial charge is 0.115 e. The summed E-state index contributed by atoms with van der Waals surface area (Å²) in [5.74, 6) is 1.35. The summed E-state index contributed by atoms with van der Waals surface area (Å²) >= 11 is 18.7. The third-order valence-electron chi connectivity index (χ3n) is 3.36. The number of aromatic nitrogens is 2. The zero-order chi connectivity index (χ0) is 15.0. The maximum atomic E-state index is 6.42. The molecule has 0 bridgehead atoms. The van der Waals surface area contributed by atoms with Gasteiger partial charge in [-0.05, 0) is 36.8 Å². The summed E-state index contributed by atoms with van der Waals surface area (Å²) in [5, 5.41) is 1.32. The van der Waals surface area contributed by atoms with Crippen LogP contribution in [-0.4, -0.2) is 15.4 Å². The minimum Gasteiger partial charge on any atom is -0.293 e. The highest BCUT2D eigenvalue weighted by molar-refractivity contribution is 6.35. The zero-order valence-electron chi connectivity index (χ0n) is 11.4. The van der Waals surface area contributed by atoms with Crippen molar-refractivity contribution in [3.05, 3.63) is 57.8 Å². The van der Waals surface area contributed by atoms with E-state index in [0.29, 0.717) is 22.3 Å². The first-order valence-electron chi connectivity index (χ1n) is 6.60. The minimum absolute atomic E-state index is 0.490. The lowest BCUT2D eigenvalue weighted by Crippen LogP contribution is -2.03. The second-order valence-corrected chi connectivity index (χ2v) is 6.06. The summed E-state index contributed by atoms with van der Waals surface area (Å²) < 4.78 is 2.00.